The van der Waals surface area contributed by atoms with Gasteiger partial charge in [0, 0.05) is 17.7 Å². The third kappa shape index (κ3) is 8.75. The predicted octanol–water partition coefficient (Wildman–Crippen LogP) is 7.92. The molecule has 0 aliphatic carbocycles. The van der Waals surface area contributed by atoms with Crippen LogP contribution in [0.1, 0.15) is 78.4 Å². The van der Waals surface area contributed by atoms with E-state index >= 15 is 0 Å². The second-order valence-electron chi connectivity index (χ2n) is 10.1. The maximum absolute atomic E-state index is 12.2. The Balaban J connectivity index is 1.02. The van der Waals surface area contributed by atoms with Crippen molar-refractivity contribution in [2.45, 2.75) is 64.2 Å². The van der Waals surface area contributed by atoms with E-state index in [-0.39, 0.29) is 17.6 Å². The van der Waals surface area contributed by atoms with Crippen LogP contribution in [0.25, 0.3) is 6.08 Å². The lowest BCUT2D eigenvalue weighted by Crippen LogP contribution is -2.29. The number of imide groups is 1. The molecule has 3 aromatic carbocycles. The van der Waals surface area contributed by atoms with Crippen LogP contribution in [0.15, 0.2) is 97.1 Å². The van der Waals surface area contributed by atoms with Crippen molar-refractivity contribution in [3.8, 4) is 0 Å². The van der Waals surface area contributed by atoms with Crippen molar-refractivity contribution in [3.05, 3.63) is 119 Å². The van der Waals surface area contributed by atoms with Crippen LogP contribution in [0.2, 0.25) is 0 Å². The number of allylic oxidation sites excluding steroid dienone is 1. The molecular formula is C35H37NO3. The van der Waals surface area contributed by atoms with Gasteiger partial charge in [0.15, 0.2) is 5.78 Å². The van der Waals surface area contributed by atoms with Crippen LogP contribution in [0.4, 0.5) is 5.69 Å². The standard InChI is InChI=1S/C35H37NO3/c37-33(31-14-10-7-11-15-31)25-22-30-18-16-28(17-19-30)12-8-5-3-1-2-4-6-9-13-29-20-23-32(24-21-29)36-34(38)26-27-35(36)39/h7,10-11,14-27H,1-6,8-9,12-13H2. The summed E-state index contributed by atoms with van der Waals surface area (Å²) in [6.07, 6.45) is 18.3. The minimum Gasteiger partial charge on any atom is -0.289 e. The van der Waals surface area contributed by atoms with Crippen molar-refractivity contribution in [1.29, 1.82) is 0 Å². The lowest BCUT2D eigenvalue weighted by Gasteiger charge is -2.14. The van der Waals surface area contributed by atoms with Gasteiger partial charge in [-0.3, -0.25) is 14.4 Å². The van der Waals surface area contributed by atoms with Gasteiger partial charge in [0.1, 0.15) is 0 Å². The van der Waals surface area contributed by atoms with Crippen molar-refractivity contribution in [2.24, 2.45) is 0 Å². The van der Waals surface area contributed by atoms with E-state index in [1.54, 1.807) is 6.08 Å². The van der Waals surface area contributed by atoms with E-state index in [0.717, 1.165) is 24.8 Å². The quantitative estimate of drug-likeness (QED) is 0.0887. The molecule has 0 N–H and O–H groups in total. The van der Waals surface area contributed by atoms with Crippen molar-refractivity contribution in [3.63, 3.8) is 0 Å². The zero-order valence-electron chi connectivity index (χ0n) is 22.6. The molecule has 4 nitrogen and oxygen atoms in total. The van der Waals surface area contributed by atoms with Crippen molar-refractivity contribution < 1.29 is 14.4 Å². The molecule has 39 heavy (non-hydrogen) atoms. The molecule has 0 fully saturated rings. The second kappa shape index (κ2) is 14.8. The van der Waals surface area contributed by atoms with Crippen LogP contribution in [0.3, 0.4) is 0 Å². The first kappa shape index (κ1) is 28.0. The van der Waals surface area contributed by atoms with Crippen LogP contribution >= 0.6 is 0 Å². The monoisotopic (exact) mass is 519 g/mol. The fourth-order valence-electron chi connectivity index (χ4n) is 4.85. The van der Waals surface area contributed by atoms with Crippen LogP contribution in [-0.2, 0) is 22.4 Å². The minimum absolute atomic E-state index is 0.0275. The van der Waals surface area contributed by atoms with E-state index in [1.165, 1.54) is 73.1 Å². The number of carbonyl (C=O) groups excluding carboxylic acids is 3. The second-order valence-corrected chi connectivity index (χ2v) is 10.1. The highest BCUT2D eigenvalue weighted by molar-refractivity contribution is 6.28. The molecule has 2 amide bonds. The van der Waals surface area contributed by atoms with Crippen molar-refractivity contribution in [2.75, 3.05) is 4.90 Å². The van der Waals surface area contributed by atoms with Crippen molar-refractivity contribution in [1.82, 2.24) is 0 Å². The number of aryl methyl sites for hydroxylation is 2. The number of nitrogens with zero attached hydrogens (tertiary/aromatic N) is 1. The van der Waals surface area contributed by atoms with Crippen LogP contribution in [-0.4, -0.2) is 17.6 Å². The Morgan fingerprint density at radius 1 is 0.590 bits per heavy atom. The molecular weight excluding hydrogens is 482 g/mol. The number of rotatable bonds is 15. The summed E-state index contributed by atoms with van der Waals surface area (Å²) in [5.41, 5.74) is 5.00. The van der Waals surface area contributed by atoms with Gasteiger partial charge < -0.3 is 0 Å². The SMILES string of the molecule is O=C(C=Cc1ccc(CCCCCCCCCCc2ccc(N3C(=O)C=CC3=O)cc2)cc1)c1ccccc1. The van der Waals surface area contributed by atoms with Gasteiger partial charge in [-0.1, -0.05) is 111 Å². The van der Waals surface area contributed by atoms with Gasteiger partial charge in [-0.15, -0.1) is 0 Å². The Kier molecular flexibility index (Phi) is 10.6. The maximum Gasteiger partial charge on any atom is 0.258 e. The van der Waals surface area contributed by atoms with Gasteiger partial charge in [-0.25, -0.2) is 4.90 Å². The third-order valence-electron chi connectivity index (χ3n) is 7.15. The number of unbranched alkanes of at least 4 members (excludes halogenated alkanes) is 7. The zero-order chi connectivity index (χ0) is 27.3. The average molecular weight is 520 g/mol. The van der Waals surface area contributed by atoms with Gasteiger partial charge >= 0.3 is 0 Å². The van der Waals surface area contributed by atoms with Gasteiger partial charge in [0.05, 0.1) is 5.69 Å². The highest BCUT2D eigenvalue weighted by Crippen LogP contribution is 2.21. The maximum atomic E-state index is 12.2. The molecule has 0 radical (unpaired) electrons. The van der Waals surface area contributed by atoms with Crippen LogP contribution in [0, 0.1) is 0 Å². The minimum atomic E-state index is -0.274. The Labute approximate surface area is 232 Å². The zero-order valence-corrected chi connectivity index (χ0v) is 22.6. The molecule has 0 unspecified atom stereocenters. The fourth-order valence-corrected chi connectivity index (χ4v) is 4.85. The number of hydrogen-bond acceptors (Lipinski definition) is 3. The molecule has 200 valence electrons. The number of hydrogen-bond donors (Lipinski definition) is 0. The van der Waals surface area contributed by atoms with Gasteiger partial charge in [0.2, 0.25) is 0 Å². The van der Waals surface area contributed by atoms with Crippen LogP contribution < -0.4 is 4.90 Å². The summed E-state index contributed by atoms with van der Waals surface area (Å²) in [7, 11) is 0. The molecule has 0 saturated carbocycles. The summed E-state index contributed by atoms with van der Waals surface area (Å²) in [6, 6.07) is 25.6. The number of anilines is 1. The molecule has 0 saturated heterocycles. The van der Waals surface area contributed by atoms with E-state index in [4.69, 9.17) is 0 Å². The summed E-state index contributed by atoms with van der Waals surface area (Å²) in [5, 5.41) is 0. The Bertz CT molecular complexity index is 1270. The molecule has 1 heterocycles. The number of ketones is 1. The largest absolute Gasteiger partial charge is 0.289 e. The Morgan fingerprint density at radius 3 is 1.62 bits per heavy atom. The van der Waals surface area contributed by atoms with E-state index in [9.17, 15) is 14.4 Å². The summed E-state index contributed by atoms with van der Waals surface area (Å²) < 4.78 is 0. The molecule has 4 rings (SSSR count). The average Bonchev–Trinajstić information content (AvgIpc) is 3.31. The summed E-state index contributed by atoms with van der Waals surface area (Å²) >= 11 is 0. The molecule has 0 bridgehead atoms. The van der Waals surface area contributed by atoms with Crippen LogP contribution in [0.5, 0.6) is 0 Å². The fraction of sp³-hybridized carbons (Fsp3) is 0.286. The third-order valence-corrected chi connectivity index (χ3v) is 7.15. The molecule has 1 aliphatic rings. The van der Waals surface area contributed by atoms with E-state index in [2.05, 4.69) is 24.3 Å². The molecule has 0 atom stereocenters. The molecule has 1 aliphatic heterocycles. The summed E-state index contributed by atoms with van der Waals surface area (Å²) in [5.74, 6) is -0.520. The first-order chi connectivity index (χ1) is 19.1. The molecule has 3 aromatic rings. The topological polar surface area (TPSA) is 54.5 Å². The number of benzene rings is 3. The highest BCUT2D eigenvalue weighted by Gasteiger charge is 2.24. The predicted molar refractivity (Wildman–Crippen MR) is 159 cm³/mol. The van der Waals surface area contributed by atoms with E-state index < -0.39 is 0 Å². The van der Waals surface area contributed by atoms with Gasteiger partial charge in [-0.05, 0) is 60.6 Å². The molecule has 0 spiro atoms. The summed E-state index contributed by atoms with van der Waals surface area (Å²) in [4.78, 5) is 37.0. The van der Waals surface area contributed by atoms with Gasteiger partial charge in [-0.2, -0.15) is 0 Å². The van der Waals surface area contributed by atoms with Crippen molar-refractivity contribution >= 4 is 29.4 Å². The van der Waals surface area contributed by atoms with E-state index in [0.29, 0.717) is 11.3 Å². The lowest BCUT2D eigenvalue weighted by molar-refractivity contribution is -0.119. The normalized spacial score (nSPS) is 13.1. The molecule has 0 aromatic heterocycles. The number of carbonyl (C=O) groups is 3. The lowest BCUT2D eigenvalue weighted by atomic mass is 10.0. The Morgan fingerprint density at radius 2 is 1.08 bits per heavy atom. The van der Waals surface area contributed by atoms with Gasteiger partial charge in [0.25, 0.3) is 11.8 Å². The molecule has 4 heteroatoms. The Hall–Kier alpha value is -4.05. The first-order valence-electron chi connectivity index (χ1n) is 14.1. The van der Waals surface area contributed by atoms with E-state index in [1.807, 2.05) is 60.7 Å². The smallest absolute Gasteiger partial charge is 0.258 e. The number of amides is 2. The summed E-state index contributed by atoms with van der Waals surface area (Å²) in [6.45, 7) is 0. The first-order valence-corrected chi connectivity index (χ1v) is 14.1. The highest BCUT2D eigenvalue weighted by atomic mass is 16.2.